The number of amides is 1. The minimum absolute atomic E-state index is 0.0533. The fraction of sp³-hybridized carbons (Fsp3) is 0.308. The van der Waals surface area contributed by atoms with E-state index in [4.69, 9.17) is 9.47 Å². The van der Waals surface area contributed by atoms with Crippen molar-refractivity contribution in [3.05, 3.63) is 89.7 Å². The normalized spacial score (nSPS) is 14.2. The number of carbonyl (C=O) groups excluding carboxylic acids is 1. The van der Waals surface area contributed by atoms with Crippen molar-refractivity contribution in [1.82, 2.24) is 14.8 Å². The van der Waals surface area contributed by atoms with Crippen LogP contribution in [0.3, 0.4) is 0 Å². The molecule has 0 N–H and O–H groups in total. The summed E-state index contributed by atoms with van der Waals surface area (Å²) in [6, 6.07) is 19.5. The van der Waals surface area contributed by atoms with Gasteiger partial charge in [0.15, 0.2) is 0 Å². The topological polar surface area (TPSA) is 54.9 Å². The van der Waals surface area contributed by atoms with Crippen LogP contribution in [0, 0.1) is 0 Å². The van der Waals surface area contributed by atoms with Crippen molar-refractivity contribution in [2.24, 2.45) is 0 Å². The van der Waals surface area contributed by atoms with Crippen LogP contribution in [0.1, 0.15) is 28.4 Å². The molecule has 6 nitrogen and oxygen atoms in total. The lowest BCUT2D eigenvalue weighted by atomic mass is 10.1. The van der Waals surface area contributed by atoms with Crippen molar-refractivity contribution >= 4 is 5.91 Å². The Labute approximate surface area is 189 Å². The minimum Gasteiger partial charge on any atom is -0.494 e. The number of aromatic nitrogens is 1. The van der Waals surface area contributed by atoms with Gasteiger partial charge in [-0.15, -0.1) is 0 Å². The average Bonchev–Trinajstić information content (AvgIpc) is 2.85. The number of hydrogen-bond acceptors (Lipinski definition) is 5. The average molecular weight is 432 g/mol. The van der Waals surface area contributed by atoms with Crippen LogP contribution in [-0.2, 0) is 13.2 Å². The number of carbonyl (C=O) groups is 1. The highest BCUT2D eigenvalue weighted by Gasteiger charge is 2.22. The summed E-state index contributed by atoms with van der Waals surface area (Å²) in [7, 11) is 0. The monoisotopic (exact) mass is 431 g/mol. The Balaban J connectivity index is 1.28. The molecule has 0 aliphatic carbocycles. The van der Waals surface area contributed by atoms with E-state index < -0.39 is 0 Å². The van der Waals surface area contributed by atoms with Gasteiger partial charge >= 0.3 is 0 Å². The molecule has 1 aliphatic heterocycles. The van der Waals surface area contributed by atoms with Crippen LogP contribution >= 0.6 is 0 Å². The van der Waals surface area contributed by atoms with Crippen LogP contribution in [0.2, 0.25) is 0 Å². The van der Waals surface area contributed by atoms with Crippen molar-refractivity contribution in [1.29, 1.82) is 0 Å². The highest BCUT2D eigenvalue weighted by atomic mass is 16.5. The maximum Gasteiger partial charge on any atom is 0.254 e. The third-order valence-electron chi connectivity index (χ3n) is 5.51. The van der Waals surface area contributed by atoms with E-state index >= 15 is 0 Å². The molecule has 1 aliphatic rings. The molecule has 0 bridgehead atoms. The lowest BCUT2D eigenvalue weighted by molar-refractivity contribution is 0.0628. The van der Waals surface area contributed by atoms with Crippen LogP contribution in [-0.4, -0.2) is 53.5 Å². The van der Waals surface area contributed by atoms with Gasteiger partial charge < -0.3 is 14.4 Å². The highest BCUT2D eigenvalue weighted by Crippen LogP contribution is 2.19. The van der Waals surface area contributed by atoms with E-state index in [0.717, 1.165) is 44.0 Å². The van der Waals surface area contributed by atoms with Crippen molar-refractivity contribution in [3.8, 4) is 11.5 Å². The SMILES string of the molecule is CCOc1ccc(CN2CCN(C(=O)c3cccc(OCc4cccnc4)c3)CC2)cc1. The Morgan fingerprint density at radius 2 is 1.72 bits per heavy atom. The van der Waals surface area contributed by atoms with Crippen LogP contribution in [0.25, 0.3) is 0 Å². The summed E-state index contributed by atoms with van der Waals surface area (Å²) in [5, 5.41) is 0. The maximum absolute atomic E-state index is 13.0. The van der Waals surface area contributed by atoms with Crippen molar-refractivity contribution in [3.63, 3.8) is 0 Å². The van der Waals surface area contributed by atoms with Gasteiger partial charge in [-0.25, -0.2) is 0 Å². The summed E-state index contributed by atoms with van der Waals surface area (Å²) in [4.78, 5) is 21.4. The Bertz CT molecular complexity index is 1000. The molecule has 4 rings (SSSR count). The van der Waals surface area contributed by atoms with Gasteiger partial charge in [-0.05, 0) is 48.9 Å². The van der Waals surface area contributed by atoms with E-state index in [9.17, 15) is 4.79 Å². The molecular weight excluding hydrogens is 402 g/mol. The number of pyridine rings is 1. The maximum atomic E-state index is 13.0. The van der Waals surface area contributed by atoms with E-state index in [2.05, 4.69) is 22.0 Å². The molecular formula is C26H29N3O3. The van der Waals surface area contributed by atoms with E-state index in [1.54, 1.807) is 12.4 Å². The minimum atomic E-state index is 0.0533. The quantitative estimate of drug-likeness (QED) is 0.539. The summed E-state index contributed by atoms with van der Waals surface area (Å²) in [6.45, 7) is 7.12. The molecule has 3 aromatic rings. The molecule has 1 amide bonds. The first kappa shape index (κ1) is 21.8. The summed E-state index contributed by atoms with van der Waals surface area (Å²) >= 11 is 0. The highest BCUT2D eigenvalue weighted by molar-refractivity contribution is 5.94. The molecule has 1 saturated heterocycles. The Morgan fingerprint density at radius 3 is 2.44 bits per heavy atom. The number of rotatable bonds is 8. The number of nitrogens with zero attached hydrogens (tertiary/aromatic N) is 3. The number of ether oxygens (including phenoxy) is 2. The zero-order valence-electron chi connectivity index (χ0n) is 18.4. The Kier molecular flexibility index (Phi) is 7.35. The lowest BCUT2D eigenvalue weighted by Gasteiger charge is -2.34. The van der Waals surface area contributed by atoms with Crippen molar-refractivity contribution < 1.29 is 14.3 Å². The van der Waals surface area contributed by atoms with Gasteiger partial charge in [0.2, 0.25) is 0 Å². The molecule has 2 aromatic carbocycles. The molecule has 166 valence electrons. The standard InChI is InChI=1S/C26H29N3O3/c1-2-31-24-10-8-21(9-11-24)19-28-13-15-29(16-14-28)26(30)23-6-3-7-25(17-23)32-20-22-5-4-12-27-18-22/h3-12,17-18H,2,13-16,19-20H2,1H3. The lowest BCUT2D eigenvalue weighted by Crippen LogP contribution is -2.48. The van der Waals surface area contributed by atoms with E-state index in [0.29, 0.717) is 24.5 Å². The van der Waals surface area contributed by atoms with Gasteiger partial charge in [0.1, 0.15) is 18.1 Å². The summed E-state index contributed by atoms with van der Waals surface area (Å²) < 4.78 is 11.4. The van der Waals surface area contributed by atoms with Gasteiger partial charge in [-0.2, -0.15) is 0 Å². The van der Waals surface area contributed by atoms with Crippen molar-refractivity contribution in [2.75, 3.05) is 32.8 Å². The van der Waals surface area contributed by atoms with Gasteiger partial charge in [0.05, 0.1) is 6.61 Å². The number of hydrogen-bond donors (Lipinski definition) is 0. The second-order valence-corrected chi connectivity index (χ2v) is 7.82. The van der Waals surface area contributed by atoms with E-state index in [1.807, 2.05) is 60.4 Å². The van der Waals surface area contributed by atoms with Crippen LogP contribution in [0.15, 0.2) is 73.1 Å². The summed E-state index contributed by atoms with van der Waals surface area (Å²) in [5.41, 5.74) is 2.91. The second kappa shape index (κ2) is 10.8. The van der Waals surface area contributed by atoms with E-state index in [-0.39, 0.29) is 5.91 Å². The predicted molar refractivity (Wildman–Crippen MR) is 124 cm³/mol. The van der Waals surface area contributed by atoms with Crippen molar-refractivity contribution in [2.45, 2.75) is 20.1 Å². The molecule has 0 saturated carbocycles. The molecule has 0 radical (unpaired) electrons. The molecule has 0 spiro atoms. The second-order valence-electron chi connectivity index (χ2n) is 7.82. The van der Waals surface area contributed by atoms with Gasteiger partial charge in [0, 0.05) is 56.2 Å². The van der Waals surface area contributed by atoms with E-state index in [1.165, 1.54) is 5.56 Å². The van der Waals surface area contributed by atoms with Gasteiger partial charge in [0.25, 0.3) is 5.91 Å². The third-order valence-corrected chi connectivity index (χ3v) is 5.51. The molecule has 0 atom stereocenters. The largest absolute Gasteiger partial charge is 0.494 e. The Hall–Kier alpha value is -3.38. The first-order chi connectivity index (χ1) is 15.7. The first-order valence-corrected chi connectivity index (χ1v) is 11.1. The van der Waals surface area contributed by atoms with Crippen LogP contribution in [0.5, 0.6) is 11.5 Å². The zero-order chi connectivity index (χ0) is 22.2. The first-order valence-electron chi connectivity index (χ1n) is 11.1. The van der Waals surface area contributed by atoms with Gasteiger partial charge in [-0.1, -0.05) is 24.3 Å². The van der Waals surface area contributed by atoms with Crippen LogP contribution in [0.4, 0.5) is 0 Å². The fourth-order valence-electron chi connectivity index (χ4n) is 3.78. The summed E-state index contributed by atoms with van der Waals surface area (Å²) in [5.74, 6) is 1.64. The smallest absolute Gasteiger partial charge is 0.254 e. The molecule has 1 fully saturated rings. The predicted octanol–water partition coefficient (Wildman–Crippen LogP) is 4.02. The molecule has 6 heteroatoms. The number of piperazine rings is 1. The molecule has 0 unspecified atom stereocenters. The fourth-order valence-corrected chi connectivity index (χ4v) is 3.78. The Morgan fingerprint density at radius 1 is 0.906 bits per heavy atom. The van der Waals surface area contributed by atoms with Crippen LogP contribution < -0.4 is 9.47 Å². The third kappa shape index (κ3) is 5.86. The van der Waals surface area contributed by atoms with Gasteiger partial charge in [-0.3, -0.25) is 14.7 Å². The summed E-state index contributed by atoms with van der Waals surface area (Å²) in [6.07, 6.45) is 3.52. The molecule has 32 heavy (non-hydrogen) atoms. The zero-order valence-corrected chi connectivity index (χ0v) is 18.4. The number of benzene rings is 2. The molecule has 1 aromatic heterocycles. The molecule has 2 heterocycles.